The molecule has 11 rings (SSSR count). The first-order valence-electron chi connectivity index (χ1n) is 17.1. The van der Waals surface area contributed by atoms with Crippen LogP contribution in [0.5, 0.6) is 0 Å². The van der Waals surface area contributed by atoms with Crippen molar-refractivity contribution in [2.75, 3.05) is 0 Å². The average Bonchev–Trinajstić information content (AvgIpc) is 3.75. The van der Waals surface area contributed by atoms with E-state index in [1.165, 1.54) is 54.6 Å². The second-order valence-electron chi connectivity index (χ2n) is 13.2. The van der Waals surface area contributed by atoms with E-state index in [-0.39, 0.29) is 0 Å². The van der Waals surface area contributed by atoms with E-state index >= 15 is 0 Å². The van der Waals surface area contributed by atoms with Crippen molar-refractivity contribution in [2.45, 2.75) is 0 Å². The van der Waals surface area contributed by atoms with E-state index in [4.69, 9.17) is 8.83 Å². The molecule has 0 spiro atoms. The van der Waals surface area contributed by atoms with Crippen LogP contribution in [0.1, 0.15) is 0 Å². The minimum atomic E-state index is 0.882. The fourth-order valence-corrected chi connectivity index (χ4v) is 8.26. The highest BCUT2D eigenvalue weighted by atomic mass is 16.3. The Hall–Kier alpha value is -6.64. The zero-order valence-corrected chi connectivity index (χ0v) is 27.0. The van der Waals surface area contributed by atoms with Crippen molar-refractivity contribution in [1.29, 1.82) is 0 Å². The first-order valence-corrected chi connectivity index (χ1v) is 17.1. The summed E-state index contributed by atoms with van der Waals surface area (Å²) in [6, 6.07) is 60.8. The summed E-state index contributed by atoms with van der Waals surface area (Å²) in [6.07, 6.45) is 0. The topological polar surface area (TPSA) is 26.3 Å². The number of rotatable bonds is 3. The number of para-hydroxylation sites is 1. The van der Waals surface area contributed by atoms with Crippen LogP contribution in [0, 0.1) is 0 Å². The lowest BCUT2D eigenvalue weighted by atomic mass is 9.86. The molecule has 0 N–H and O–H groups in total. The third-order valence-corrected chi connectivity index (χ3v) is 10.5. The van der Waals surface area contributed by atoms with Gasteiger partial charge in [-0.3, -0.25) is 0 Å². The molecule has 0 amide bonds. The molecule has 50 heavy (non-hydrogen) atoms. The zero-order chi connectivity index (χ0) is 32.8. The van der Waals surface area contributed by atoms with Crippen LogP contribution in [0.4, 0.5) is 0 Å². The fourth-order valence-electron chi connectivity index (χ4n) is 8.26. The highest BCUT2D eigenvalue weighted by Crippen LogP contribution is 2.45. The molecule has 9 aromatic carbocycles. The van der Waals surface area contributed by atoms with Crippen molar-refractivity contribution in [3.05, 3.63) is 170 Å². The summed E-state index contributed by atoms with van der Waals surface area (Å²) < 4.78 is 12.8. The second-order valence-corrected chi connectivity index (χ2v) is 13.2. The molecule has 0 saturated carbocycles. The third kappa shape index (κ3) is 3.90. The Bertz CT molecular complexity index is 3070. The van der Waals surface area contributed by atoms with E-state index in [1.54, 1.807) is 0 Å². The van der Waals surface area contributed by atoms with Crippen molar-refractivity contribution >= 4 is 76.2 Å². The maximum Gasteiger partial charge on any atom is 0.136 e. The van der Waals surface area contributed by atoms with Crippen molar-refractivity contribution in [1.82, 2.24) is 0 Å². The molecule has 0 atom stereocenters. The molecule has 232 valence electrons. The summed E-state index contributed by atoms with van der Waals surface area (Å²) in [7, 11) is 0. The lowest BCUT2D eigenvalue weighted by molar-refractivity contribution is 0.669. The van der Waals surface area contributed by atoms with Gasteiger partial charge in [-0.15, -0.1) is 0 Å². The molecule has 2 heteroatoms. The summed E-state index contributed by atoms with van der Waals surface area (Å²) in [5.74, 6) is 0. The fraction of sp³-hybridized carbons (Fsp3) is 0. The largest absolute Gasteiger partial charge is 0.456 e. The maximum absolute atomic E-state index is 6.57. The van der Waals surface area contributed by atoms with Gasteiger partial charge in [0, 0.05) is 26.9 Å². The quantitative estimate of drug-likeness (QED) is 0.180. The van der Waals surface area contributed by atoms with Crippen molar-refractivity contribution in [3.63, 3.8) is 0 Å². The molecule has 0 aliphatic carbocycles. The number of hydrogen-bond acceptors (Lipinski definition) is 2. The Balaban J connectivity index is 1.07. The van der Waals surface area contributed by atoms with E-state index in [9.17, 15) is 0 Å². The molecule has 11 aromatic rings. The Kier molecular flexibility index (Phi) is 5.70. The number of benzene rings is 9. The molecule has 0 aliphatic heterocycles. The highest BCUT2D eigenvalue weighted by molar-refractivity contribution is 6.31. The Morgan fingerprint density at radius 3 is 1.34 bits per heavy atom. The van der Waals surface area contributed by atoms with Crippen LogP contribution in [0.2, 0.25) is 0 Å². The van der Waals surface area contributed by atoms with Crippen LogP contribution in [-0.2, 0) is 0 Å². The molecule has 0 fully saturated rings. The smallest absolute Gasteiger partial charge is 0.136 e. The lowest BCUT2D eigenvalue weighted by Gasteiger charge is -2.18. The zero-order valence-electron chi connectivity index (χ0n) is 27.0. The van der Waals surface area contributed by atoms with E-state index in [1.807, 2.05) is 12.1 Å². The third-order valence-electron chi connectivity index (χ3n) is 10.5. The summed E-state index contributed by atoms with van der Waals surface area (Å²) in [5.41, 5.74) is 10.8. The van der Waals surface area contributed by atoms with Gasteiger partial charge in [-0.25, -0.2) is 0 Å². The second kappa shape index (κ2) is 10.4. The van der Waals surface area contributed by atoms with Gasteiger partial charge in [0.15, 0.2) is 0 Å². The van der Waals surface area contributed by atoms with Gasteiger partial charge in [0.2, 0.25) is 0 Å². The molecular formula is C48H28O2. The van der Waals surface area contributed by atoms with Crippen LogP contribution in [-0.4, -0.2) is 0 Å². The van der Waals surface area contributed by atoms with E-state index in [2.05, 4.69) is 158 Å². The van der Waals surface area contributed by atoms with Crippen LogP contribution in [0.25, 0.3) is 110 Å². The highest BCUT2D eigenvalue weighted by Gasteiger charge is 2.19. The molecule has 0 radical (unpaired) electrons. The maximum atomic E-state index is 6.57. The molecule has 2 aromatic heterocycles. The Morgan fingerprint density at radius 1 is 0.260 bits per heavy atom. The van der Waals surface area contributed by atoms with Crippen molar-refractivity contribution in [2.24, 2.45) is 0 Å². The first-order chi connectivity index (χ1) is 24.8. The van der Waals surface area contributed by atoms with Gasteiger partial charge in [-0.1, -0.05) is 140 Å². The summed E-state index contributed by atoms with van der Waals surface area (Å²) >= 11 is 0. The van der Waals surface area contributed by atoms with Gasteiger partial charge in [0.05, 0.1) is 0 Å². The van der Waals surface area contributed by atoms with Crippen LogP contribution in [0.15, 0.2) is 179 Å². The normalized spacial score (nSPS) is 12.0. The monoisotopic (exact) mass is 636 g/mol. The van der Waals surface area contributed by atoms with Crippen LogP contribution >= 0.6 is 0 Å². The van der Waals surface area contributed by atoms with E-state index in [0.717, 1.165) is 55.0 Å². The molecule has 0 unspecified atom stereocenters. The van der Waals surface area contributed by atoms with E-state index in [0.29, 0.717) is 0 Å². The van der Waals surface area contributed by atoms with Crippen LogP contribution in [0.3, 0.4) is 0 Å². The molecular weight excluding hydrogens is 609 g/mol. The van der Waals surface area contributed by atoms with Crippen molar-refractivity contribution < 1.29 is 8.83 Å². The van der Waals surface area contributed by atoms with Gasteiger partial charge >= 0.3 is 0 Å². The van der Waals surface area contributed by atoms with Gasteiger partial charge < -0.3 is 8.83 Å². The minimum Gasteiger partial charge on any atom is -0.456 e. The van der Waals surface area contributed by atoms with E-state index < -0.39 is 0 Å². The van der Waals surface area contributed by atoms with Gasteiger partial charge in [0.1, 0.15) is 22.3 Å². The first kappa shape index (κ1) is 27.3. The molecule has 0 bridgehead atoms. The molecule has 2 heterocycles. The summed E-state index contributed by atoms with van der Waals surface area (Å²) in [5, 5.41) is 11.9. The summed E-state index contributed by atoms with van der Waals surface area (Å²) in [4.78, 5) is 0. The Labute approximate surface area is 287 Å². The number of hydrogen-bond donors (Lipinski definition) is 0. The molecule has 0 aliphatic rings. The summed E-state index contributed by atoms with van der Waals surface area (Å²) in [6.45, 7) is 0. The van der Waals surface area contributed by atoms with Gasteiger partial charge in [0.25, 0.3) is 0 Å². The van der Waals surface area contributed by atoms with Crippen molar-refractivity contribution in [3.8, 4) is 33.4 Å². The van der Waals surface area contributed by atoms with Crippen LogP contribution < -0.4 is 0 Å². The Morgan fingerprint density at radius 2 is 0.720 bits per heavy atom. The molecule has 0 saturated heterocycles. The minimum absolute atomic E-state index is 0.882. The SMILES string of the molecule is c1ccc(-c2c3ccccc3c(-c3ccc(-c4ccc5c(c4)oc4ccc6ccc7oc8ccccc8c7c6c45)cc3)c3ccccc23)cc1. The van der Waals surface area contributed by atoms with Gasteiger partial charge in [-0.2, -0.15) is 0 Å². The molecule has 2 nitrogen and oxygen atoms in total. The predicted octanol–water partition coefficient (Wildman–Crippen LogP) is 13.9. The predicted molar refractivity (Wildman–Crippen MR) is 210 cm³/mol. The lowest BCUT2D eigenvalue weighted by Crippen LogP contribution is -1.90. The average molecular weight is 637 g/mol. The standard InChI is InChI=1S/C48H28O2/c1-2-10-30(11-3-1)44-34-12-4-6-14-36(34)45(37-15-7-5-13-35(37)44)31-20-18-29(19-21-31)33-22-25-39-43(28-33)50-42-27-24-32-23-26-41-47(46(32)48(39)42)38-16-8-9-17-40(38)49-41/h1-28H. The van der Waals surface area contributed by atoms with Gasteiger partial charge in [-0.05, 0) is 90.6 Å². The number of fused-ring (bicyclic) bond motifs is 11. The number of furan rings is 2.